The van der Waals surface area contributed by atoms with Gasteiger partial charge in [0.15, 0.2) is 0 Å². The molecule has 0 amide bonds. The molecule has 1 rings (SSSR count). The van der Waals surface area contributed by atoms with E-state index in [0.717, 1.165) is 45.7 Å². The fraction of sp³-hybridized carbons (Fsp3) is 1.00. The Morgan fingerprint density at radius 2 is 0.833 bits per heavy atom. The fourth-order valence-electron chi connectivity index (χ4n) is 7.83. The van der Waals surface area contributed by atoms with Gasteiger partial charge in [0.05, 0.1) is 18.3 Å². The number of unbranched alkanes of at least 4 members (excludes halogenated alkanes) is 16. The van der Waals surface area contributed by atoms with Crippen LogP contribution in [-0.2, 0) is 9.47 Å². The quantitative estimate of drug-likeness (QED) is 0.0664. The van der Waals surface area contributed by atoms with Crippen LogP contribution in [0.3, 0.4) is 0 Å². The molecule has 0 heterocycles. The highest BCUT2D eigenvalue weighted by molar-refractivity contribution is 4.76. The van der Waals surface area contributed by atoms with E-state index in [0.29, 0.717) is 18.1 Å². The lowest BCUT2D eigenvalue weighted by atomic mass is 9.85. The molecule has 288 valence electrons. The Morgan fingerprint density at radius 3 is 1.23 bits per heavy atom. The summed E-state index contributed by atoms with van der Waals surface area (Å²) in [5, 5.41) is 11.3. The van der Waals surface area contributed by atoms with Crippen LogP contribution in [-0.4, -0.2) is 61.2 Å². The van der Waals surface area contributed by atoms with E-state index < -0.39 is 0 Å². The second-order valence-corrected chi connectivity index (χ2v) is 15.8. The number of ether oxygens (including phenoxy) is 2. The van der Waals surface area contributed by atoms with E-state index in [1.54, 1.807) is 0 Å². The summed E-state index contributed by atoms with van der Waals surface area (Å²) < 4.78 is 13.2. The van der Waals surface area contributed by atoms with Crippen molar-refractivity contribution in [1.29, 1.82) is 0 Å². The molecule has 1 saturated carbocycles. The molecule has 48 heavy (non-hydrogen) atoms. The smallest absolute Gasteiger partial charge is 0.0695 e. The van der Waals surface area contributed by atoms with Gasteiger partial charge in [0, 0.05) is 32.8 Å². The van der Waals surface area contributed by atoms with Gasteiger partial charge in [0.25, 0.3) is 0 Å². The molecule has 3 atom stereocenters. The van der Waals surface area contributed by atoms with Gasteiger partial charge >= 0.3 is 0 Å². The first-order chi connectivity index (χ1) is 23.6. The Labute approximate surface area is 302 Å². The number of hydrogen-bond acceptors (Lipinski definition) is 4. The van der Waals surface area contributed by atoms with Gasteiger partial charge in [-0.2, -0.15) is 0 Å². The zero-order valence-corrected chi connectivity index (χ0v) is 33.5. The summed E-state index contributed by atoms with van der Waals surface area (Å²) in [6, 6.07) is 0. The summed E-state index contributed by atoms with van der Waals surface area (Å²) in [4.78, 5) is 2.56. The number of aliphatic hydroxyl groups is 1. The van der Waals surface area contributed by atoms with Crippen molar-refractivity contribution >= 4 is 0 Å². The molecule has 0 aromatic rings. The average Bonchev–Trinajstić information content (AvgIpc) is 3.11. The van der Waals surface area contributed by atoms with Crippen LogP contribution >= 0.6 is 0 Å². The van der Waals surface area contributed by atoms with Gasteiger partial charge < -0.3 is 19.5 Å². The minimum absolute atomic E-state index is 0.190. The monoisotopic (exact) mass is 680 g/mol. The SMILES string of the molecule is CCCCCCCCC(CCCCCC)OCCCN(CCCOC(CCCCCC)CCCCCCCC)CC(O)C1CCCCC1. The molecule has 0 spiro atoms. The average molecular weight is 680 g/mol. The normalized spacial score (nSPS) is 16.1. The second kappa shape index (κ2) is 35.3. The van der Waals surface area contributed by atoms with Crippen molar-refractivity contribution in [3.05, 3.63) is 0 Å². The van der Waals surface area contributed by atoms with Crippen LogP contribution in [0, 0.1) is 5.92 Å². The molecule has 4 heteroatoms. The highest BCUT2D eigenvalue weighted by Gasteiger charge is 2.24. The van der Waals surface area contributed by atoms with Crippen LogP contribution in [0.15, 0.2) is 0 Å². The second-order valence-electron chi connectivity index (χ2n) is 15.8. The van der Waals surface area contributed by atoms with E-state index in [1.165, 1.54) is 186 Å². The topological polar surface area (TPSA) is 41.9 Å². The Kier molecular flexibility index (Phi) is 33.7. The Hall–Kier alpha value is -0.160. The van der Waals surface area contributed by atoms with E-state index in [1.807, 2.05) is 0 Å². The molecule has 1 N–H and O–H groups in total. The van der Waals surface area contributed by atoms with Crippen molar-refractivity contribution in [2.75, 3.05) is 32.8 Å². The molecule has 0 aromatic heterocycles. The van der Waals surface area contributed by atoms with Crippen LogP contribution in [0.5, 0.6) is 0 Å². The lowest BCUT2D eigenvalue weighted by molar-refractivity contribution is 0.0134. The first-order valence-electron chi connectivity index (χ1n) is 22.3. The molecule has 0 radical (unpaired) electrons. The molecule has 3 unspecified atom stereocenters. The molecule has 0 saturated heterocycles. The molecule has 1 fully saturated rings. The third-order valence-corrected chi connectivity index (χ3v) is 11.1. The molecular weight excluding hydrogens is 590 g/mol. The third-order valence-electron chi connectivity index (χ3n) is 11.1. The van der Waals surface area contributed by atoms with E-state index >= 15 is 0 Å². The standard InChI is InChI=1S/C44H89NO3/c1-5-9-13-17-19-26-34-42(32-24-15-11-7-3)47-38-28-36-45(40-44(46)41-30-22-21-23-31-41)37-29-39-48-43(33-25-16-12-8-4)35-27-20-18-14-10-6-2/h41-44,46H,5-40H2,1-4H3. The van der Waals surface area contributed by atoms with Crippen molar-refractivity contribution in [1.82, 2.24) is 4.90 Å². The maximum Gasteiger partial charge on any atom is 0.0695 e. The first-order valence-corrected chi connectivity index (χ1v) is 22.3. The molecule has 0 aliphatic heterocycles. The van der Waals surface area contributed by atoms with Gasteiger partial charge in [-0.1, -0.05) is 175 Å². The molecule has 1 aliphatic carbocycles. The van der Waals surface area contributed by atoms with Crippen LogP contribution < -0.4 is 0 Å². The largest absolute Gasteiger partial charge is 0.392 e. The minimum Gasteiger partial charge on any atom is -0.392 e. The summed E-state index contributed by atoms with van der Waals surface area (Å²) in [6.45, 7) is 13.8. The van der Waals surface area contributed by atoms with Crippen molar-refractivity contribution in [3.63, 3.8) is 0 Å². The van der Waals surface area contributed by atoms with E-state index in [4.69, 9.17) is 9.47 Å². The lowest BCUT2D eigenvalue weighted by Gasteiger charge is -2.32. The number of aliphatic hydroxyl groups excluding tert-OH is 1. The van der Waals surface area contributed by atoms with Crippen LogP contribution in [0.2, 0.25) is 0 Å². The predicted octanol–water partition coefficient (Wildman–Crippen LogP) is 13.2. The molecule has 0 aromatic carbocycles. The summed E-state index contributed by atoms with van der Waals surface area (Å²) in [5.41, 5.74) is 0. The Balaban J connectivity index is 2.58. The third kappa shape index (κ3) is 27.5. The van der Waals surface area contributed by atoms with E-state index in [9.17, 15) is 5.11 Å². The summed E-state index contributed by atoms with van der Waals surface area (Å²) in [5.74, 6) is 0.489. The van der Waals surface area contributed by atoms with E-state index in [2.05, 4.69) is 32.6 Å². The minimum atomic E-state index is -0.190. The number of hydrogen-bond donors (Lipinski definition) is 1. The van der Waals surface area contributed by atoms with Crippen molar-refractivity contribution < 1.29 is 14.6 Å². The lowest BCUT2D eigenvalue weighted by Crippen LogP contribution is -2.39. The zero-order chi connectivity index (χ0) is 34.8. The first kappa shape index (κ1) is 45.9. The van der Waals surface area contributed by atoms with Crippen LogP contribution in [0.1, 0.15) is 227 Å². The molecular formula is C44H89NO3. The number of rotatable bonds is 37. The van der Waals surface area contributed by atoms with Gasteiger partial charge in [0.1, 0.15) is 0 Å². The van der Waals surface area contributed by atoms with Crippen LogP contribution in [0.25, 0.3) is 0 Å². The maximum atomic E-state index is 11.3. The van der Waals surface area contributed by atoms with Gasteiger partial charge in [0.2, 0.25) is 0 Å². The van der Waals surface area contributed by atoms with Gasteiger partial charge in [-0.05, 0) is 57.3 Å². The summed E-state index contributed by atoms with van der Waals surface area (Å²) >= 11 is 0. The van der Waals surface area contributed by atoms with E-state index in [-0.39, 0.29) is 6.10 Å². The molecule has 0 bridgehead atoms. The zero-order valence-electron chi connectivity index (χ0n) is 33.5. The highest BCUT2D eigenvalue weighted by Crippen LogP contribution is 2.27. The summed E-state index contributed by atoms with van der Waals surface area (Å²) in [6.07, 6.45) is 41.0. The van der Waals surface area contributed by atoms with Crippen molar-refractivity contribution in [2.24, 2.45) is 5.92 Å². The maximum absolute atomic E-state index is 11.3. The Morgan fingerprint density at radius 1 is 0.479 bits per heavy atom. The Bertz CT molecular complexity index is 584. The predicted molar refractivity (Wildman–Crippen MR) is 211 cm³/mol. The van der Waals surface area contributed by atoms with Gasteiger partial charge in [-0.15, -0.1) is 0 Å². The van der Waals surface area contributed by atoms with Gasteiger partial charge in [-0.3, -0.25) is 0 Å². The highest BCUT2D eigenvalue weighted by atomic mass is 16.5. The van der Waals surface area contributed by atoms with Gasteiger partial charge in [-0.25, -0.2) is 0 Å². The van der Waals surface area contributed by atoms with Crippen molar-refractivity contribution in [2.45, 2.75) is 245 Å². The summed E-state index contributed by atoms with van der Waals surface area (Å²) in [7, 11) is 0. The molecule has 1 aliphatic rings. The molecule has 4 nitrogen and oxygen atoms in total. The fourth-order valence-corrected chi connectivity index (χ4v) is 7.83. The van der Waals surface area contributed by atoms with Crippen molar-refractivity contribution in [3.8, 4) is 0 Å². The van der Waals surface area contributed by atoms with Crippen LogP contribution in [0.4, 0.5) is 0 Å². The number of nitrogens with zero attached hydrogens (tertiary/aromatic N) is 1.